The predicted molar refractivity (Wildman–Crippen MR) is 455 cm³/mol. The van der Waals surface area contributed by atoms with Crippen molar-refractivity contribution in [3.05, 3.63) is 286 Å². The van der Waals surface area contributed by atoms with Crippen molar-refractivity contribution in [3.63, 3.8) is 0 Å². The van der Waals surface area contributed by atoms with Gasteiger partial charge in [-0.2, -0.15) is 0 Å². The SMILES string of the molecule is CCCCCCc1cc(-c2ccc(N(c3ccc(-c4ccc(C(N)(CC)CC)cc4)cc3)c3ccc(-c4c(C)cc(CC(C)C)cc4C)cc3)cc2C)c(CCCCCC)cc1-c1ccc(N(c2ccc(-c3ccc(CC(C)C)cc3)cc2)c2ccc(-c3ccc(C(C)(C)CCC)cc3)cc2)cc1C. The van der Waals surface area contributed by atoms with Crippen molar-refractivity contribution < 1.29 is 0 Å². The van der Waals surface area contributed by atoms with Crippen molar-refractivity contribution in [2.24, 2.45) is 17.6 Å². The van der Waals surface area contributed by atoms with Crippen molar-refractivity contribution in [2.45, 2.75) is 218 Å². The van der Waals surface area contributed by atoms with Crippen molar-refractivity contribution in [2.75, 3.05) is 9.80 Å². The number of anilines is 6. The molecule has 3 nitrogen and oxygen atoms in total. The van der Waals surface area contributed by atoms with E-state index >= 15 is 0 Å². The molecule has 11 aromatic rings. The summed E-state index contributed by atoms with van der Waals surface area (Å²) in [5, 5.41) is 0. The molecular weight excluding hydrogens is 1260 g/mol. The molecule has 0 saturated carbocycles. The van der Waals surface area contributed by atoms with Gasteiger partial charge in [0.2, 0.25) is 0 Å². The van der Waals surface area contributed by atoms with Gasteiger partial charge in [-0.15, -0.1) is 0 Å². The van der Waals surface area contributed by atoms with Gasteiger partial charge >= 0.3 is 0 Å². The van der Waals surface area contributed by atoms with Gasteiger partial charge in [-0.05, 0) is 298 Å². The molecule has 0 unspecified atom stereocenters. The van der Waals surface area contributed by atoms with E-state index in [4.69, 9.17) is 5.73 Å². The minimum absolute atomic E-state index is 0.148. The minimum Gasteiger partial charge on any atom is -0.321 e. The van der Waals surface area contributed by atoms with Gasteiger partial charge in [0, 0.05) is 39.7 Å². The Bertz CT molecular complexity index is 4560. The molecule has 11 aromatic carbocycles. The van der Waals surface area contributed by atoms with E-state index in [9.17, 15) is 0 Å². The zero-order chi connectivity index (χ0) is 73.7. The normalized spacial score (nSPS) is 11.9. The Balaban J connectivity index is 0.981. The Morgan fingerprint density at radius 1 is 0.317 bits per heavy atom. The van der Waals surface area contributed by atoms with Crippen LogP contribution >= 0.6 is 0 Å². The molecule has 0 radical (unpaired) electrons. The van der Waals surface area contributed by atoms with Crippen LogP contribution in [-0.2, 0) is 36.6 Å². The largest absolute Gasteiger partial charge is 0.321 e. The molecule has 0 amide bonds. The fourth-order valence-electron chi connectivity index (χ4n) is 16.3. The molecule has 11 rings (SSSR count). The van der Waals surface area contributed by atoms with Gasteiger partial charge < -0.3 is 15.5 Å². The number of benzene rings is 11. The molecule has 0 spiro atoms. The standard InChI is InChI=1S/C101H119N3/c1-16-21-23-25-27-85-69-98(96-60-58-94(67-73(96)11)104(91-53-41-83(42-54-91)80-35-47-88(48-36-80)101(102,19-4)20-5)92-55-43-84(44-56-92)99-74(12)64-77(63-71(8)9)65-75(99)13)86(28-26-24-22-17-2)68-97(85)95-59-57-93(66-72(95)10)103(89-49-37-81(38-50-89)78-31-29-76(30-32-78)62-70(6)7)90-51-39-82(40-52-90)79-33-45-87(46-34-79)100(14,15)61-18-3/h29-60,64-71H,16-28,61-63,102H2,1-15H3. The summed E-state index contributed by atoms with van der Waals surface area (Å²) in [5.41, 5.74) is 42.2. The number of nitrogens with two attached hydrogens (primary N) is 1. The Labute approximate surface area is 628 Å². The van der Waals surface area contributed by atoms with Gasteiger partial charge in [0.15, 0.2) is 0 Å². The first-order valence-electron chi connectivity index (χ1n) is 39.8. The molecule has 0 aromatic heterocycles. The molecule has 0 aliphatic rings. The van der Waals surface area contributed by atoms with Gasteiger partial charge in [-0.3, -0.25) is 0 Å². The van der Waals surface area contributed by atoms with E-state index in [0.29, 0.717) is 11.8 Å². The van der Waals surface area contributed by atoms with E-state index in [0.717, 1.165) is 85.5 Å². The lowest BCUT2D eigenvalue weighted by molar-refractivity contribution is 0.413. The summed E-state index contributed by atoms with van der Waals surface area (Å²) in [5.74, 6) is 1.23. The quantitative estimate of drug-likeness (QED) is 0.0427. The molecule has 538 valence electrons. The average molecular weight is 1380 g/mol. The maximum Gasteiger partial charge on any atom is 0.0464 e. The van der Waals surface area contributed by atoms with Crippen molar-refractivity contribution >= 4 is 34.1 Å². The number of hydrogen-bond acceptors (Lipinski definition) is 3. The predicted octanol–water partition coefficient (Wildman–Crippen LogP) is 29.6. The Hall–Kier alpha value is -9.02. The highest BCUT2D eigenvalue weighted by molar-refractivity contribution is 5.87. The lowest BCUT2D eigenvalue weighted by atomic mass is 9.80. The van der Waals surface area contributed by atoms with Crippen LogP contribution < -0.4 is 15.5 Å². The molecule has 0 saturated heterocycles. The second-order valence-corrected chi connectivity index (χ2v) is 31.8. The number of rotatable bonds is 32. The summed E-state index contributed by atoms with van der Waals surface area (Å²) >= 11 is 0. The van der Waals surface area contributed by atoms with Crippen LogP contribution in [0.4, 0.5) is 34.1 Å². The Kier molecular flexibility index (Phi) is 25.4. The summed E-state index contributed by atoms with van der Waals surface area (Å²) < 4.78 is 0. The molecular formula is C101H119N3. The summed E-state index contributed by atoms with van der Waals surface area (Å²) in [6.45, 7) is 34.5. The molecule has 0 bridgehead atoms. The topological polar surface area (TPSA) is 32.5 Å². The van der Waals surface area contributed by atoms with E-state index in [1.807, 2.05) is 0 Å². The van der Waals surface area contributed by atoms with Crippen LogP contribution in [0.15, 0.2) is 231 Å². The zero-order valence-corrected chi connectivity index (χ0v) is 65.9. The zero-order valence-electron chi connectivity index (χ0n) is 65.9. The first-order chi connectivity index (χ1) is 50.2. The third-order valence-corrected chi connectivity index (χ3v) is 22.3. The van der Waals surface area contributed by atoms with E-state index in [2.05, 4.69) is 344 Å². The van der Waals surface area contributed by atoms with Gasteiger partial charge in [-0.1, -0.05) is 279 Å². The maximum atomic E-state index is 6.89. The lowest BCUT2D eigenvalue weighted by Gasteiger charge is -2.28. The molecule has 0 atom stereocenters. The molecule has 0 fully saturated rings. The highest BCUT2D eigenvalue weighted by Crippen LogP contribution is 2.45. The molecule has 3 heteroatoms. The first kappa shape index (κ1) is 76.1. The monoisotopic (exact) mass is 1370 g/mol. The maximum absolute atomic E-state index is 6.89. The molecule has 2 N–H and O–H groups in total. The fraction of sp³-hybridized carbons (Fsp3) is 0.347. The van der Waals surface area contributed by atoms with Crippen LogP contribution in [0.3, 0.4) is 0 Å². The highest BCUT2D eigenvalue weighted by atomic mass is 15.1. The average Bonchev–Trinajstić information content (AvgIpc) is 0.775. The lowest BCUT2D eigenvalue weighted by Crippen LogP contribution is -2.34. The van der Waals surface area contributed by atoms with Crippen molar-refractivity contribution in [1.82, 2.24) is 0 Å². The van der Waals surface area contributed by atoms with E-state index < -0.39 is 0 Å². The number of aryl methyl sites for hydroxylation is 6. The molecule has 104 heavy (non-hydrogen) atoms. The van der Waals surface area contributed by atoms with Crippen molar-refractivity contribution in [1.29, 1.82) is 0 Å². The van der Waals surface area contributed by atoms with Crippen LogP contribution in [0, 0.1) is 39.5 Å². The molecule has 0 heterocycles. The second-order valence-electron chi connectivity index (χ2n) is 31.8. The van der Waals surface area contributed by atoms with Gasteiger partial charge in [-0.25, -0.2) is 0 Å². The van der Waals surface area contributed by atoms with Crippen LogP contribution in [-0.4, -0.2) is 0 Å². The smallest absolute Gasteiger partial charge is 0.0464 e. The van der Waals surface area contributed by atoms with Crippen LogP contribution in [0.1, 0.15) is 209 Å². The summed E-state index contributed by atoms with van der Waals surface area (Å²) in [4.78, 5) is 4.91. The molecule has 0 aliphatic carbocycles. The number of hydrogen-bond donors (Lipinski definition) is 1. The van der Waals surface area contributed by atoms with Crippen molar-refractivity contribution in [3.8, 4) is 66.8 Å². The van der Waals surface area contributed by atoms with Gasteiger partial charge in [0.25, 0.3) is 0 Å². The fourth-order valence-corrected chi connectivity index (χ4v) is 16.3. The highest BCUT2D eigenvalue weighted by Gasteiger charge is 2.25. The van der Waals surface area contributed by atoms with Crippen LogP contribution in [0.2, 0.25) is 0 Å². The molecule has 0 aliphatic heterocycles. The summed E-state index contributed by atoms with van der Waals surface area (Å²) in [6, 6.07) is 89.0. The minimum atomic E-state index is -0.319. The van der Waals surface area contributed by atoms with Crippen LogP contribution in [0.25, 0.3) is 66.8 Å². The third kappa shape index (κ3) is 18.0. The first-order valence-corrected chi connectivity index (χ1v) is 39.8. The third-order valence-electron chi connectivity index (χ3n) is 22.3. The number of unbranched alkanes of at least 4 members (excludes halogenated alkanes) is 6. The Morgan fingerprint density at radius 2 is 0.654 bits per heavy atom. The van der Waals surface area contributed by atoms with Gasteiger partial charge in [0.1, 0.15) is 0 Å². The van der Waals surface area contributed by atoms with E-state index in [-0.39, 0.29) is 11.0 Å². The van der Waals surface area contributed by atoms with Gasteiger partial charge in [0.05, 0.1) is 0 Å². The second kappa shape index (κ2) is 34.7. The summed E-state index contributed by atoms with van der Waals surface area (Å²) in [6.07, 6.45) is 18.0. The summed E-state index contributed by atoms with van der Waals surface area (Å²) in [7, 11) is 0. The van der Waals surface area contributed by atoms with E-state index in [1.165, 1.54) is 174 Å². The Morgan fingerprint density at radius 3 is 1.00 bits per heavy atom. The van der Waals surface area contributed by atoms with E-state index in [1.54, 1.807) is 0 Å². The van der Waals surface area contributed by atoms with Crippen LogP contribution in [0.5, 0.6) is 0 Å². The number of nitrogens with zero attached hydrogens (tertiary/aromatic N) is 2.